The summed E-state index contributed by atoms with van der Waals surface area (Å²) in [5, 5.41) is 13.4. The topological polar surface area (TPSA) is 80.7 Å². The van der Waals surface area contributed by atoms with E-state index in [2.05, 4.69) is 10.3 Å². The predicted molar refractivity (Wildman–Crippen MR) is 93.9 cm³/mol. The fourth-order valence-electron chi connectivity index (χ4n) is 2.19. The van der Waals surface area contributed by atoms with Gasteiger partial charge in [0.05, 0.1) is 13.0 Å². The first-order valence-electron chi connectivity index (χ1n) is 7.89. The number of thiazole rings is 1. The zero-order valence-electron chi connectivity index (χ0n) is 14.7. The first kappa shape index (κ1) is 21.1. The molecule has 0 fully saturated rings. The zero-order chi connectivity index (χ0) is 20.1. The Hall–Kier alpha value is -2.17. The standard InChI is InChI=1S/C17H19F3N2O4S/c1-11-10-27-15(21-11)16(24,17(18,19)20)9-14(23)22-12-4-3-5-13(8-12)26-7-6-25-2/h3-5,8,10,24H,6-7,9H2,1-2H3,(H,22,23). The molecule has 0 saturated carbocycles. The molecular weight excluding hydrogens is 385 g/mol. The van der Waals surface area contributed by atoms with Crippen molar-refractivity contribution in [2.24, 2.45) is 0 Å². The Labute approximate surface area is 157 Å². The van der Waals surface area contributed by atoms with E-state index in [9.17, 15) is 23.1 Å². The lowest BCUT2D eigenvalue weighted by atomic mass is 9.99. The van der Waals surface area contributed by atoms with Crippen LogP contribution in [-0.4, -0.2) is 42.5 Å². The molecule has 2 rings (SSSR count). The van der Waals surface area contributed by atoms with Gasteiger partial charge in [-0.3, -0.25) is 4.79 Å². The zero-order valence-corrected chi connectivity index (χ0v) is 15.5. The Bertz CT molecular complexity index is 782. The third kappa shape index (κ3) is 5.41. The van der Waals surface area contributed by atoms with Crippen LogP contribution in [0.3, 0.4) is 0 Å². The lowest BCUT2D eigenvalue weighted by Gasteiger charge is -2.27. The van der Waals surface area contributed by atoms with Gasteiger partial charge in [-0.05, 0) is 19.1 Å². The Kier molecular flexibility index (Phi) is 6.79. The summed E-state index contributed by atoms with van der Waals surface area (Å²) in [6, 6.07) is 6.18. The summed E-state index contributed by atoms with van der Waals surface area (Å²) >= 11 is 0.652. The van der Waals surface area contributed by atoms with Crippen LogP contribution >= 0.6 is 11.3 Å². The number of carbonyl (C=O) groups is 1. The van der Waals surface area contributed by atoms with E-state index in [1.807, 2.05) is 0 Å². The Morgan fingerprint density at radius 1 is 1.33 bits per heavy atom. The number of amides is 1. The molecule has 0 aliphatic heterocycles. The number of alkyl halides is 3. The monoisotopic (exact) mass is 404 g/mol. The average molecular weight is 404 g/mol. The van der Waals surface area contributed by atoms with Crippen molar-refractivity contribution < 1.29 is 32.5 Å². The Balaban J connectivity index is 2.11. The third-order valence-electron chi connectivity index (χ3n) is 3.53. The molecule has 1 unspecified atom stereocenters. The smallest absolute Gasteiger partial charge is 0.424 e. The van der Waals surface area contributed by atoms with Gasteiger partial charge in [0.25, 0.3) is 0 Å². The second-order valence-corrected chi connectivity index (χ2v) is 6.60. The molecule has 27 heavy (non-hydrogen) atoms. The largest absolute Gasteiger partial charge is 0.491 e. The molecule has 6 nitrogen and oxygen atoms in total. The number of aryl methyl sites for hydroxylation is 1. The number of nitrogens with zero attached hydrogens (tertiary/aromatic N) is 1. The minimum absolute atomic E-state index is 0.245. The van der Waals surface area contributed by atoms with Crippen LogP contribution in [0.15, 0.2) is 29.6 Å². The van der Waals surface area contributed by atoms with Gasteiger partial charge >= 0.3 is 6.18 Å². The van der Waals surface area contributed by atoms with E-state index in [1.54, 1.807) is 12.1 Å². The van der Waals surface area contributed by atoms with Crippen LogP contribution in [0.25, 0.3) is 0 Å². The molecule has 0 saturated heterocycles. The van der Waals surface area contributed by atoms with Crippen molar-refractivity contribution >= 4 is 22.9 Å². The van der Waals surface area contributed by atoms with Crippen molar-refractivity contribution in [3.63, 3.8) is 0 Å². The van der Waals surface area contributed by atoms with Gasteiger partial charge in [0.1, 0.15) is 17.4 Å². The van der Waals surface area contributed by atoms with Crippen molar-refractivity contribution in [2.45, 2.75) is 25.1 Å². The molecule has 2 N–H and O–H groups in total. The van der Waals surface area contributed by atoms with Crippen molar-refractivity contribution in [3.8, 4) is 5.75 Å². The molecule has 2 aromatic rings. The number of rotatable bonds is 8. The highest BCUT2D eigenvalue weighted by molar-refractivity contribution is 7.09. The minimum Gasteiger partial charge on any atom is -0.491 e. The number of methoxy groups -OCH3 is 1. The van der Waals surface area contributed by atoms with E-state index in [-0.39, 0.29) is 12.3 Å². The Morgan fingerprint density at radius 3 is 2.67 bits per heavy atom. The molecule has 0 aliphatic carbocycles. The summed E-state index contributed by atoms with van der Waals surface area (Å²) in [6.45, 7) is 2.15. The first-order valence-corrected chi connectivity index (χ1v) is 8.77. The second kappa shape index (κ2) is 8.68. The van der Waals surface area contributed by atoms with Gasteiger partial charge in [0.15, 0.2) is 0 Å². The van der Waals surface area contributed by atoms with Gasteiger partial charge in [-0.1, -0.05) is 6.07 Å². The Morgan fingerprint density at radius 2 is 2.07 bits per heavy atom. The summed E-state index contributed by atoms with van der Waals surface area (Å²) in [5.74, 6) is -0.580. The van der Waals surface area contributed by atoms with Gasteiger partial charge < -0.3 is 19.9 Å². The van der Waals surface area contributed by atoms with Crippen LogP contribution in [0.2, 0.25) is 0 Å². The number of aliphatic hydroxyl groups is 1. The number of halogens is 3. The molecule has 1 aromatic heterocycles. The summed E-state index contributed by atoms with van der Waals surface area (Å²) in [4.78, 5) is 15.9. The van der Waals surface area contributed by atoms with Crippen LogP contribution in [-0.2, 0) is 15.1 Å². The van der Waals surface area contributed by atoms with Crippen LogP contribution in [0.5, 0.6) is 5.75 Å². The molecule has 1 heterocycles. The number of nitrogens with one attached hydrogen (secondary N) is 1. The predicted octanol–water partition coefficient (Wildman–Crippen LogP) is 3.26. The van der Waals surface area contributed by atoms with Gasteiger partial charge in [0, 0.05) is 29.9 Å². The minimum atomic E-state index is -5.06. The van der Waals surface area contributed by atoms with E-state index in [4.69, 9.17) is 9.47 Å². The molecular formula is C17H19F3N2O4S. The van der Waals surface area contributed by atoms with E-state index in [0.29, 0.717) is 29.4 Å². The van der Waals surface area contributed by atoms with Crippen molar-refractivity contribution in [2.75, 3.05) is 25.6 Å². The van der Waals surface area contributed by atoms with Gasteiger partial charge in [0.2, 0.25) is 11.5 Å². The van der Waals surface area contributed by atoms with E-state index < -0.39 is 29.1 Å². The fraction of sp³-hybridized carbons (Fsp3) is 0.412. The van der Waals surface area contributed by atoms with Gasteiger partial charge in [-0.15, -0.1) is 11.3 Å². The van der Waals surface area contributed by atoms with Crippen LogP contribution in [0.1, 0.15) is 17.1 Å². The maximum atomic E-state index is 13.4. The number of anilines is 1. The first-order chi connectivity index (χ1) is 12.7. The van der Waals surface area contributed by atoms with Crippen molar-refractivity contribution in [1.82, 2.24) is 4.98 Å². The third-order valence-corrected chi connectivity index (χ3v) is 4.64. The van der Waals surface area contributed by atoms with Crippen LogP contribution in [0, 0.1) is 6.92 Å². The highest BCUT2D eigenvalue weighted by Gasteiger charge is 2.58. The maximum Gasteiger partial charge on any atom is 0.424 e. The molecule has 0 bridgehead atoms. The number of aromatic nitrogens is 1. The van der Waals surface area contributed by atoms with Crippen LogP contribution in [0.4, 0.5) is 18.9 Å². The number of ether oxygens (including phenoxy) is 2. The molecule has 0 radical (unpaired) electrons. The second-order valence-electron chi connectivity index (χ2n) is 5.75. The van der Waals surface area contributed by atoms with Crippen molar-refractivity contribution in [1.29, 1.82) is 0 Å². The fourth-order valence-corrected chi connectivity index (χ4v) is 3.10. The molecule has 0 spiro atoms. The molecule has 1 aromatic carbocycles. The lowest BCUT2D eigenvalue weighted by Crippen LogP contribution is -2.45. The van der Waals surface area contributed by atoms with Crippen molar-refractivity contribution in [3.05, 3.63) is 40.3 Å². The quantitative estimate of drug-likeness (QED) is 0.660. The van der Waals surface area contributed by atoms with E-state index in [0.717, 1.165) is 0 Å². The van der Waals surface area contributed by atoms with E-state index >= 15 is 0 Å². The summed E-state index contributed by atoms with van der Waals surface area (Å²) in [6.07, 6.45) is -6.27. The maximum absolute atomic E-state index is 13.4. The molecule has 148 valence electrons. The van der Waals surface area contributed by atoms with Gasteiger partial charge in [-0.25, -0.2) is 4.98 Å². The molecule has 1 atom stereocenters. The van der Waals surface area contributed by atoms with Crippen LogP contribution < -0.4 is 10.1 Å². The van der Waals surface area contributed by atoms with Gasteiger partial charge in [-0.2, -0.15) is 13.2 Å². The number of hydrogen-bond donors (Lipinski definition) is 2. The average Bonchev–Trinajstić information content (AvgIpc) is 3.01. The highest BCUT2D eigenvalue weighted by Crippen LogP contribution is 2.43. The molecule has 1 amide bonds. The van der Waals surface area contributed by atoms with E-state index in [1.165, 1.54) is 31.5 Å². The number of benzene rings is 1. The summed E-state index contributed by atoms with van der Waals surface area (Å²) in [7, 11) is 1.52. The highest BCUT2D eigenvalue weighted by atomic mass is 32.1. The number of carbonyl (C=O) groups excluding carboxylic acids is 1. The normalized spacial score (nSPS) is 13.9. The SMILES string of the molecule is COCCOc1cccc(NC(=O)CC(O)(c2nc(C)cs2)C(F)(F)F)c1. The number of hydrogen-bond acceptors (Lipinski definition) is 6. The molecule has 10 heteroatoms. The summed E-state index contributed by atoms with van der Waals surface area (Å²) < 4.78 is 50.6. The molecule has 0 aliphatic rings. The summed E-state index contributed by atoms with van der Waals surface area (Å²) in [5.41, 5.74) is -2.78. The lowest BCUT2D eigenvalue weighted by molar-refractivity contribution is -0.266.